The van der Waals surface area contributed by atoms with E-state index in [-0.39, 0.29) is 20.3 Å². The SMILES string of the molecule is C.C.CC(C)(C)c1ccc2c(-c3cccc(-c4cccc5ccccc45)c3)c3ccccc3c(-c3cccc(C4=CCCc5ccccc54)c3)c2c1. The number of fused-ring (bicyclic) bond motifs is 4. The molecule has 256 valence electrons. The van der Waals surface area contributed by atoms with Crippen LogP contribution in [0.15, 0.2) is 164 Å². The fourth-order valence-corrected chi connectivity index (χ4v) is 8.18. The second-order valence-corrected chi connectivity index (χ2v) is 14.8. The Labute approximate surface area is 310 Å². The molecule has 0 spiro atoms. The van der Waals surface area contributed by atoms with Crippen LogP contribution >= 0.6 is 0 Å². The molecule has 0 nitrogen and oxygen atoms in total. The summed E-state index contributed by atoms with van der Waals surface area (Å²) in [7, 11) is 0. The van der Waals surface area contributed by atoms with E-state index in [2.05, 4.69) is 185 Å². The average molecular weight is 673 g/mol. The van der Waals surface area contributed by atoms with Crippen LogP contribution in [-0.2, 0) is 11.8 Å². The predicted octanol–water partition coefficient (Wildman–Crippen LogP) is 15.1. The van der Waals surface area contributed by atoms with E-state index >= 15 is 0 Å². The summed E-state index contributed by atoms with van der Waals surface area (Å²) in [5.41, 5.74) is 14.4. The van der Waals surface area contributed by atoms with Gasteiger partial charge < -0.3 is 0 Å². The van der Waals surface area contributed by atoms with E-state index in [0.717, 1.165) is 12.8 Å². The number of benzene rings is 8. The van der Waals surface area contributed by atoms with Crippen molar-refractivity contribution in [3.63, 3.8) is 0 Å². The van der Waals surface area contributed by atoms with Crippen LogP contribution in [-0.4, -0.2) is 0 Å². The lowest BCUT2D eigenvalue weighted by Gasteiger charge is -2.23. The van der Waals surface area contributed by atoms with E-state index in [1.165, 1.54) is 93.5 Å². The Morgan fingerprint density at radius 1 is 0.423 bits per heavy atom. The van der Waals surface area contributed by atoms with Gasteiger partial charge in [-0.25, -0.2) is 0 Å². The molecule has 0 bridgehead atoms. The van der Waals surface area contributed by atoms with E-state index in [9.17, 15) is 0 Å². The topological polar surface area (TPSA) is 0 Å². The highest BCUT2D eigenvalue weighted by Crippen LogP contribution is 2.46. The zero-order chi connectivity index (χ0) is 33.8. The molecule has 0 saturated heterocycles. The van der Waals surface area contributed by atoms with Crippen molar-refractivity contribution in [3.05, 3.63) is 186 Å². The Hall–Kier alpha value is -5.72. The van der Waals surface area contributed by atoms with Crippen LogP contribution < -0.4 is 0 Å². The molecule has 0 unspecified atom stereocenters. The van der Waals surface area contributed by atoms with Gasteiger partial charge in [-0.1, -0.05) is 181 Å². The summed E-state index contributed by atoms with van der Waals surface area (Å²) in [5, 5.41) is 7.70. The van der Waals surface area contributed by atoms with Crippen LogP contribution in [0.25, 0.3) is 71.3 Å². The quantitative estimate of drug-likeness (QED) is 0.163. The summed E-state index contributed by atoms with van der Waals surface area (Å²) in [6.45, 7) is 6.95. The predicted molar refractivity (Wildman–Crippen MR) is 229 cm³/mol. The molecule has 0 atom stereocenters. The summed E-state index contributed by atoms with van der Waals surface area (Å²) >= 11 is 0. The van der Waals surface area contributed by atoms with Gasteiger partial charge in [0.1, 0.15) is 0 Å². The summed E-state index contributed by atoms with van der Waals surface area (Å²) in [5.74, 6) is 0. The lowest BCUT2D eigenvalue weighted by molar-refractivity contribution is 0.591. The average Bonchev–Trinajstić information content (AvgIpc) is 3.16. The second kappa shape index (κ2) is 13.8. The van der Waals surface area contributed by atoms with E-state index < -0.39 is 0 Å². The lowest BCUT2D eigenvalue weighted by atomic mass is 9.80. The summed E-state index contributed by atoms with van der Waals surface area (Å²) < 4.78 is 0. The Kier molecular flexibility index (Phi) is 9.20. The van der Waals surface area contributed by atoms with Gasteiger partial charge in [0.15, 0.2) is 0 Å². The Balaban J connectivity index is 0.00000210. The van der Waals surface area contributed by atoms with Crippen molar-refractivity contribution in [2.24, 2.45) is 0 Å². The van der Waals surface area contributed by atoms with Crippen molar-refractivity contribution in [3.8, 4) is 33.4 Å². The molecule has 8 aromatic rings. The molecule has 0 heteroatoms. The first-order valence-electron chi connectivity index (χ1n) is 17.9. The normalized spacial score (nSPS) is 12.6. The molecule has 0 N–H and O–H groups in total. The minimum absolute atomic E-state index is 0. The van der Waals surface area contributed by atoms with Crippen molar-refractivity contribution >= 4 is 37.9 Å². The van der Waals surface area contributed by atoms with Gasteiger partial charge in [-0.05, 0) is 130 Å². The minimum atomic E-state index is 0. The fourth-order valence-electron chi connectivity index (χ4n) is 8.18. The molecular weight excluding hydrogens is 625 g/mol. The minimum Gasteiger partial charge on any atom is -0.0776 e. The van der Waals surface area contributed by atoms with Gasteiger partial charge in [0.25, 0.3) is 0 Å². The largest absolute Gasteiger partial charge is 0.0776 e. The lowest BCUT2D eigenvalue weighted by Crippen LogP contribution is -2.10. The molecular formula is C52H48. The van der Waals surface area contributed by atoms with E-state index in [1.54, 1.807) is 0 Å². The van der Waals surface area contributed by atoms with Gasteiger partial charge in [0.05, 0.1) is 0 Å². The highest BCUT2D eigenvalue weighted by atomic mass is 14.3. The molecule has 0 radical (unpaired) electrons. The van der Waals surface area contributed by atoms with Gasteiger partial charge in [0, 0.05) is 0 Å². The van der Waals surface area contributed by atoms with Crippen LogP contribution in [0.3, 0.4) is 0 Å². The van der Waals surface area contributed by atoms with E-state index in [4.69, 9.17) is 0 Å². The smallest absolute Gasteiger partial charge is 0.00261 e. The monoisotopic (exact) mass is 672 g/mol. The standard InChI is InChI=1S/C50H40.2CH4/c1-50(2,3)39-28-29-46-47(32-39)49(38-21-11-19-36(31-38)43-27-13-17-34-15-5-7-23-41(34)43)45-25-9-8-24-44(45)48(46)37-20-10-18-35(30-37)42-26-12-16-33-14-4-6-22-40(33)42;;/h4-12,14-16,18-32H,13,17H2,1-3H3;2*1H4. The molecule has 0 aromatic heterocycles. The van der Waals surface area contributed by atoms with Crippen molar-refractivity contribution in [2.75, 3.05) is 0 Å². The third-order valence-corrected chi connectivity index (χ3v) is 10.7. The molecule has 0 aliphatic heterocycles. The maximum absolute atomic E-state index is 2.47. The highest BCUT2D eigenvalue weighted by molar-refractivity contribution is 6.21. The first kappa shape index (κ1) is 34.7. The van der Waals surface area contributed by atoms with Crippen LogP contribution in [0, 0.1) is 0 Å². The zero-order valence-electron chi connectivity index (χ0n) is 29.0. The molecule has 1 aliphatic carbocycles. The Morgan fingerprint density at radius 2 is 0.962 bits per heavy atom. The molecule has 8 aromatic carbocycles. The van der Waals surface area contributed by atoms with E-state index in [0.29, 0.717) is 0 Å². The Bertz CT molecular complexity index is 2620. The molecule has 0 fully saturated rings. The number of rotatable bonds is 4. The van der Waals surface area contributed by atoms with E-state index in [1.807, 2.05) is 0 Å². The van der Waals surface area contributed by atoms with Crippen molar-refractivity contribution in [2.45, 2.75) is 53.9 Å². The van der Waals surface area contributed by atoms with Crippen LogP contribution in [0.5, 0.6) is 0 Å². The first-order valence-corrected chi connectivity index (χ1v) is 17.9. The maximum atomic E-state index is 2.47. The van der Waals surface area contributed by atoms with Crippen LogP contribution in [0.4, 0.5) is 0 Å². The molecule has 0 saturated carbocycles. The van der Waals surface area contributed by atoms with Crippen LogP contribution in [0.1, 0.15) is 64.3 Å². The fraction of sp³-hybridized carbons (Fsp3) is 0.154. The van der Waals surface area contributed by atoms with Crippen molar-refractivity contribution in [1.29, 1.82) is 0 Å². The van der Waals surface area contributed by atoms with Gasteiger partial charge in [-0.3, -0.25) is 0 Å². The maximum Gasteiger partial charge on any atom is -0.00261 e. The highest BCUT2D eigenvalue weighted by Gasteiger charge is 2.22. The molecule has 52 heavy (non-hydrogen) atoms. The number of aryl methyl sites for hydroxylation is 1. The molecule has 0 heterocycles. The number of hydrogen-bond donors (Lipinski definition) is 0. The number of allylic oxidation sites excluding steroid dienone is 1. The molecule has 9 rings (SSSR count). The third-order valence-electron chi connectivity index (χ3n) is 10.7. The zero-order valence-corrected chi connectivity index (χ0v) is 29.0. The summed E-state index contributed by atoms with van der Waals surface area (Å²) in [4.78, 5) is 0. The van der Waals surface area contributed by atoms with Gasteiger partial charge in [0.2, 0.25) is 0 Å². The van der Waals surface area contributed by atoms with Crippen molar-refractivity contribution in [1.82, 2.24) is 0 Å². The Morgan fingerprint density at radius 3 is 1.71 bits per heavy atom. The number of hydrogen-bond acceptors (Lipinski definition) is 0. The third kappa shape index (κ3) is 5.93. The molecule has 1 aliphatic rings. The molecule has 0 amide bonds. The summed E-state index contributed by atoms with van der Waals surface area (Å²) in [6.07, 6.45) is 4.61. The summed E-state index contributed by atoms with van der Waals surface area (Å²) in [6, 6.07) is 58.9. The van der Waals surface area contributed by atoms with Crippen LogP contribution in [0.2, 0.25) is 0 Å². The van der Waals surface area contributed by atoms with Gasteiger partial charge in [-0.15, -0.1) is 0 Å². The second-order valence-electron chi connectivity index (χ2n) is 14.8. The van der Waals surface area contributed by atoms with Crippen molar-refractivity contribution < 1.29 is 0 Å². The van der Waals surface area contributed by atoms with Gasteiger partial charge in [-0.2, -0.15) is 0 Å². The first-order chi connectivity index (χ1) is 24.4. The van der Waals surface area contributed by atoms with Gasteiger partial charge >= 0.3 is 0 Å².